The molecule has 4 rings (SSSR count). The number of rotatable bonds is 5. The number of thioether (sulfide) groups is 1. The Balaban J connectivity index is 1.65. The molecule has 0 atom stereocenters. The summed E-state index contributed by atoms with van der Waals surface area (Å²) in [5.74, 6) is 0.555. The van der Waals surface area contributed by atoms with Crippen molar-refractivity contribution in [3.63, 3.8) is 0 Å². The SMILES string of the molecule is Cc1ccc(NC(=O)c2oc3ccccc3c2CSc2ncccn2)cc1Br. The number of aromatic nitrogens is 2. The summed E-state index contributed by atoms with van der Waals surface area (Å²) in [5, 5.41) is 4.49. The number of anilines is 1. The maximum absolute atomic E-state index is 13.0. The molecule has 5 nitrogen and oxygen atoms in total. The molecule has 0 aliphatic rings. The number of fused-ring (bicyclic) bond motifs is 1. The van der Waals surface area contributed by atoms with Gasteiger partial charge in [0.1, 0.15) is 5.58 Å². The molecular weight excluding hydrogens is 438 g/mol. The van der Waals surface area contributed by atoms with Crippen LogP contribution in [0.1, 0.15) is 21.7 Å². The Kier molecular flexibility index (Phi) is 5.45. The van der Waals surface area contributed by atoms with Gasteiger partial charge in [0.05, 0.1) is 0 Å². The van der Waals surface area contributed by atoms with Crippen molar-refractivity contribution in [2.45, 2.75) is 17.8 Å². The van der Waals surface area contributed by atoms with Gasteiger partial charge in [-0.25, -0.2) is 9.97 Å². The molecule has 2 heterocycles. The zero-order valence-electron chi connectivity index (χ0n) is 15.0. The second-order valence-corrected chi connectivity index (χ2v) is 7.94. The van der Waals surface area contributed by atoms with Crippen LogP contribution >= 0.6 is 27.7 Å². The second kappa shape index (κ2) is 8.16. The third-order valence-electron chi connectivity index (χ3n) is 4.22. The highest BCUT2D eigenvalue weighted by Crippen LogP contribution is 2.31. The van der Waals surface area contributed by atoms with Gasteiger partial charge in [0, 0.05) is 39.3 Å². The van der Waals surface area contributed by atoms with Crippen LogP contribution in [0.4, 0.5) is 5.69 Å². The summed E-state index contributed by atoms with van der Waals surface area (Å²) in [6.07, 6.45) is 3.40. The highest BCUT2D eigenvalue weighted by molar-refractivity contribution is 9.10. The molecule has 0 fully saturated rings. The van der Waals surface area contributed by atoms with Crippen LogP contribution in [0.3, 0.4) is 0 Å². The molecule has 0 bridgehead atoms. The quantitative estimate of drug-likeness (QED) is 0.303. The second-order valence-electron chi connectivity index (χ2n) is 6.14. The van der Waals surface area contributed by atoms with Gasteiger partial charge in [-0.1, -0.05) is 52.0 Å². The van der Waals surface area contributed by atoms with Crippen molar-refractivity contribution in [3.05, 3.63) is 82.3 Å². The maximum atomic E-state index is 13.0. The van der Waals surface area contributed by atoms with Crippen LogP contribution in [0.25, 0.3) is 11.0 Å². The van der Waals surface area contributed by atoms with Crippen molar-refractivity contribution in [1.29, 1.82) is 0 Å². The molecule has 1 amide bonds. The van der Waals surface area contributed by atoms with Gasteiger partial charge in [0.15, 0.2) is 10.9 Å². The van der Waals surface area contributed by atoms with E-state index in [1.807, 2.05) is 49.4 Å². The maximum Gasteiger partial charge on any atom is 0.291 e. The number of carbonyl (C=O) groups is 1. The minimum atomic E-state index is -0.281. The van der Waals surface area contributed by atoms with Crippen molar-refractivity contribution in [2.24, 2.45) is 0 Å². The number of hydrogen-bond acceptors (Lipinski definition) is 5. The Morgan fingerprint density at radius 2 is 1.93 bits per heavy atom. The van der Waals surface area contributed by atoms with Crippen molar-refractivity contribution >= 4 is 50.3 Å². The monoisotopic (exact) mass is 453 g/mol. The van der Waals surface area contributed by atoms with E-state index in [0.29, 0.717) is 27.9 Å². The number of benzene rings is 2. The average Bonchev–Trinajstić information content (AvgIpc) is 3.09. The molecule has 2 aromatic carbocycles. The summed E-state index contributed by atoms with van der Waals surface area (Å²) in [6, 6.07) is 15.1. The Bertz CT molecular complexity index is 1150. The van der Waals surface area contributed by atoms with Crippen molar-refractivity contribution < 1.29 is 9.21 Å². The summed E-state index contributed by atoms with van der Waals surface area (Å²) < 4.78 is 6.83. The normalized spacial score (nSPS) is 10.9. The predicted octanol–water partition coefficient (Wildman–Crippen LogP) is 5.84. The van der Waals surface area contributed by atoms with Gasteiger partial charge in [0.2, 0.25) is 0 Å². The fourth-order valence-electron chi connectivity index (χ4n) is 2.78. The summed E-state index contributed by atoms with van der Waals surface area (Å²) >= 11 is 4.96. The fraction of sp³-hybridized carbons (Fsp3) is 0.0952. The van der Waals surface area contributed by atoms with Gasteiger partial charge in [-0.2, -0.15) is 0 Å². The van der Waals surface area contributed by atoms with Crippen LogP contribution in [-0.4, -0.2) is 15.9 Å². The minimum absolute atomic E-state index is 0.281. The largest absolute Gasteiger partial charge is 0.451 e. The van der Waals surface area contributed by atoms with Crippen molar-refractivity contribution in [1.82, 2.24) is 9.97 Å². The van der Waals surface area contributed by atoms with Crippen LogP contribution in [0.15, 0.2) is 75.0 Å². The first kappa shape index (κ1) is 18.7. The average molecular weight is 454 g/mol. The molecule has 140 valence electrons. The predicted molar refractivity (Wildman–Crippen MR) is 115 cm³/mol. The van der Waals surface area contributed by atoms with E-state index in [2.05, 4.69) is 31.2 Å². The summed E-state index contributed by atoms with van der Waals surface area (Å²) in [7, 11) is 0. The number of amides is 1. The van der Waals surface area contributed by atoms with Crippen LogP contribution in [0.5, 0.6) is 0 Å². The number of carbonyl (C=O) groups excluding carboxylic acids is 1. The summed E-state index contributed by atoms with van der Waals surface area (Å²) in [5.41, 5.74) is 3.31. The number of aryl methyl sites for hydroxylation is 1. The Morgan fingerprint density at radius 1 is 1.14 bits per heavy atom. The number of halogens is 1. The molecule has 0 unspecified atom stereocenters. The number of nitrogens with zero attached hydrogens (tertiary/aromatic N) is 2. The molecule has 7 heteroatoms. The van der Waals surface area contributed by atoms with Gasteiger partial charge >= 0.3 is 0 Å². The molecule has 0 aliphatic carbocycles. The van der Waals surface area contributed by atoms with E-state index in [0.717, 1.165) is 21.0 Å². The van der Waals surface area contributed by atoms with E-state index in [1.165, 1.54) is 11.8 Å². The lowest BCUT2D eigenvalue weighted by Gasteiger charge is -2.07. The molecule has 4 aromatic rings. The first-order valence-electron chi connectivity index (χ1n) is 8.59. The number of para-hydroxylation sites is 1. The van der Waals surface area contributed by atoms with Crippen molar-refractivity contribution in [2.75, 3.05) is 5.32 Å². The zero-order valence-corrected chi connectivity index (χ0v) is 17.4. The van der Waals surface area contributed by atoms with E-state index in [4.69, 9.17) is 4.42 Å². The van der Waals surface area contributed by atoms with Gasteiger partial charge in [0.25, 0.3) is 5.91 Å². The Morgan fingerprint density at radius 3 is 2.71 bits per heavy atom. The van der Waals surface area contributed by atoms with E-state index < -0.39 is 0 Å². The minimum Gasteiger partial charge on any atom is -0.451 e. The topological polar surface area (TPSA) is 68.0 Å². The fourth-order valence-corrected chi connectivity index (χ4v) is 3.99. The van der Waals surface area contributed by atoms with Gasteiger partial charge in [-0.3, -0.25) is 4.79 Å². The standard InChI is InChI=1S/C21H16BrN3O2S/c1-13-7-8-14(11-17(13)22)25-20(26)19-16(12-28-21-23-9-4-10-24-21)15-5-2-3-6-18(15)27-19/h2-11H,12H2,1H3,(H,25,26). The Hall–Kier alpha value is -2.64. The van der Waals surface area contributed by atoms with Gasteiger partial charge < -0.3 is 9.73 Å². The van der Waals surface area contributed by atoms with Gasteiger partial charge in [-0.15, -0.1) is 0 Å². The Labute approximate surface area is 174 Å². The molecule has 1 N–H and O–H groups in total. The summed E-state index contributed by atoms with van der Waals surface area (Å²) in [6.45, 7) is 2.00. The third kappa shape index (κ3) is 3.95. The highest BCUT2D eigenvalue weighted by Gasteiger charge is 2.21. The molecule has 0 radical (unpaired) electrons. The van der Waals surface area contributed by atoms with Crippen LogP contribution in [0, 0.1) is 6.92 Å². The molecule has 0 saturated carbocycles. The van der Waals surface area contributed by atoms with Crippen LogP contribution in [-0.2, 0) is 5.75 Å². The number of furan rings is 1. The third-order valence-corrected chi connectivity index (χ3v) is 5.98. The lowest BCUT2D eigenvalue weighted by molar-refractivity contribution is 0.0998. The molecule has 0 spiro atoms. The van der Waals surface area contributed by atoms with Gasteiger partial charge in [-0.05, 0) is 36.8 Å². The molecular formula is C21H16BrN3O2S. The summed E-state index contributed by atoms with van der Waals surface area (Å²) in [4.78, 5) is 21.4. The van der Waals surface area contributed by atoms with Crippen LogP contribution < -0.4 is 5.32 Å². The van der Waals surface area contributed by atoms with E-state index in [1.54, 1.807) is 18.5 Å². The first-order valence-corrected chi connectivity index (χ1v) is 10.4. The highest BCUT2D eigenvalue weighted by atomic mass is 79.9. The smallest absolute Gasteiger partial charge is 0.291 e. The molecule has 2 aromatic heterocycles. The van der Waals surface area contributed by atoms with Crippen LogP contribution in [0.2, 0.25) is 0 Å². The van der Waals surface area contributed by atoms with E-state index in [-0.39, 0.29) is 5.91 Å². The number of nitrogens with one attached hydrogen (secondary N) is 1. The lowest BCUT2D eigenvalue weighted by atomic mass is 10.1. The number of hydrogen-bond donors (Lipinski definition) is 1. The van der Waals surface area contributed by atoms with Crippen molar-refractivity contribution in [3.8, 4) is 0 Å². The van der Waals surface area contributed by atoms with E-state index in [9.17, 15) is 4.79 Å². The van der Waals surface area contributed by atoms with E-state index >= 15 is 0 Å². The molecule has 0 saturated heterocycles. The lowest BCUT2D eigenvalue weighted by Crippen LogP contribution is -2.13. The molecule has 0 aliphatic heterocycles. The zero-order chi connectivity index (χ0) is 19.5. The first-order chi connectivity index (χ1) is 13.6. The molecule has 28 heavy (non-hydrogen) atoms.